The second-order valence-electron chi connectivity index (χ2n) is 6.88. The van der Waals surface area contributed by atoms with Crippen LogP contribution in [0.5, 0.6) is 11.5 Å². The Morgan fingerprint density at radius 1 is 0.742 bits per heavy atom. The van der Waals surface area contributed by atoms with Crippen LogP contribution in [0.25, 0.3) is 0 Å². The number of carbonyl (C=O) groups excluding carboxylic acids is 2. The number of amides is 2. The number of aryl methyl sites for hydroxylation is 1. The first kappa shape index (κ1) is 21.9. The summed E-state index contributed by atoms with van der Waals surface area (Å²) in [4.78, 5) is 24.2. The highest BCUT2D eigenvalue weighted by Gasteiger charge is 2.08. The molecule has 6 heteroatoms. The summed E-state index contributed by atoms with van der Waals surface area (Å²) in [6, 6.07) is 24.2. The molecule has 6 nitrogen and oxygen atoms in total. The fourth-order valence-electron chi connectivity index (χ4n) is 2.88. The maximum atomic E-state index is 12.2. The molecule has 160 valence electrons. The van der Waals surface area contributed by atoms with Gasteiger partial charge in [-0.15, -0.1) is 0 Å². The highest BCUT2D eigenvalue weighted by molar-refractivity contribution is 5.95. The van der Waals surface area contributed by atoms with E-state index in [-0.39, 0.29) is 11.8 Å². The van der Waals surface area contributed by atoms with Crippen molar-refractivity contribution in [2.45, 2.75) is 26.4 Å². The molecule has 0 radical (unpaired) electrons. The van der Waals surface area contributed by atoms with Gasteiger partial charge in [0.2, 0.25) is 5.91 Å². The van der Waals surface area contributed by atoms with E-state index in [0.717, 1.165) is 22.6 Å². The highest BCUT2D eigenvalue weighted by atomic mass is 16.5. The quantitative estimate of drug-likeness (QED) is 0.514. The maximum Gasteiger partial charge on any atom is 0.269 e. The molecule has 0 aliphatic carbocycles. The number of hydrogen-bond donors (Lipinski definition) is 2. The molecular weight excluding hydrogens is 392 g/mol. The molecule has 0 saturated carbocycles. The Labute approximate surface area is 182 Å². The van der Waals surface area contributed by atoms with Gasteiger partial charge in [-0.3, -0.25) is 20.4 Å². The minimum atomic E-state index is -0.368. The van der Waals surface area contributed by atoms with E-state index >= 15 is 0 Å². The molecule has 2 N–H and O–H groups in total. The molecule has 2 amide bonds. The molecule has 0 heterocycles. The lowest BCUT2D eigenvalue weighted by atomic mass is 10.1. The summed E-state index contributed by atoms with van der Waals surface area (Å²) in [5.41, 5.74) is 7.35. The van der Waals surface area contributed by atoms with Crippen LogP contribution in [0, 0.1) is 0 Å². The third-order valence-corrected chi connectivity index (χ3v) is 4.56. The first-order valence-electron chi connectivity index (χ1n) is 10.2. The van der Waals surface area contributed by atoms with Crippen LogP contribution in [0.1, 0.15) is 34.8 Å². The maximum absolute atomic E-state index is 12.2. The van der Waals surface area contributed by atoms with E-state index in [1.54, 1.807) is 12.1 Å². The Balaban J connectivity index is 1.41. The molecule has 3 aromatic rings. The van der Waals surface area contributed by atoms with Gasteiger partial charge in [0.1, 0.15) is 18.1 Å². The summed E-state index contributed by atoms with van der Waals surface area (Å²) in [5.74, 6) is 0.936. The minimum Gasteiger partial charge on any atom is -0.494 e. The Hall–Kier alpha value is -3.80. The molecule has 0 aromatic heterocycles. The van der Waals surface area contributed by atoms with Crippen LogP contribution in [0.2, 0.25) is 0 Å². The molecule has 0 fully saturated rings. The third-order valence-electron chi connectivity index (χ3n) is 4.56. The second-order valence-corrected chi connectivity index (χ2v) is 6.88. The van der Waals surface area contributed by atoms with Crippen LogP contribution >= 0.6 is 0 Å². The number of hydrazine groups is 1. The molecule has 0 atom stereocenters. The second kappa shape index (κ2) is 11.4. The van der Waals surface area contributed by atoms with Gasteiger partial charge in [-0.25, -0.2) is 0 Å². The molecule has 0 bridgehead atoms. The standard InChI is InChI=1S/C25H26N2O4/c1-2-30-22-13-15-23(16-14-22)31-18-20-8-11-21(12-9-20)25(29)27-26-24(28)17-10-19-6-4-3-5-7-19/h3-9,11-16H,2,10,17-18H2,1H3,(H,26,28)(H,27,29). The van der Waals surface area contributed by atoms with E-state index < -0.39 is 0 Å². The van der Waals surface area contributed by atoms with Gasteiger partial charge in [-0.2, -0.15) is 0 Å². The van der Waals surface area contributed by atoms with Gasteiger partial charge in [-0.1, -0.05) is 42.5 Å². The first-order valence-corrected chi connectivity index (χ1v) is 10.2. The van der Waals surface area contributed by atoms with Crippen molar-refractivity contribution in [3.63, 3.8) is 0 Å². The van der Waals surface area contributed by atoms with Crippen LogP contribution in [-0.2, 0) is 17.8 Å². The van der Waals surface area contributed by atoms with Crippen molar-refractivity contribution in [3.8, 4) is 11.5 Å². The Kier molecular flexibility index (Phi) is 8.05. The topological polar surface area (TPSA) is 76.7 Å². The van der Waals surface area contributed by atoms with Crippen molar-refractivity contribution >= 4 is 11.8 Å². The zero-order valence-electron chi connectivity index (χ0n) is 17.5. The van der Waals surface area contributed by atoms with Crippen LogP contribution in [-0.4, -0.2) is 18.4 Å². The average molecular weight is 418 g/mol. The molecule has 0 aliphatic heterocycles. The number of rotatable bonds is 9. The molecular formula is C25H26N2O4. The van der Waals surface area contributed by atoms with E-state index in [9.17, 15) is 9.59 Å². The molecule has 3 rings (SSSR count). The van der Waals surface area contributed by atoms with Gasteiger partial charge in [0.15, 0.2) is 0 Å². The lowest BCUT2D eigenvalue weighted by Crippen LogP contribution is -2.41. The monoisotopic (exact) mass is 418 g/mol. The van der Waals surface area contributed by atoms with E-state index in [4.69, 9.17) is 9.47 Å². The fraction of sp³-hybridized carbons (Fsp3) is 0.200. The number of nitrogens with one attached hydrogen (secondary N) is 2. The molecule has 31 heavy (non-hydrogen) atoms. The Morgan fingerprint density at radius 2 is 1.39 bits per heavy atom. The van der Waals surface area contributed by atoms with Crippen molar-refractivity contribution in [2.75, 3.05) is 6.61 Å². The van der Waals surface area contributed by atoms with Crippen molar-refractivity contribution in [3.05, 3.63) is 95.6 Å². The van der Waals surface area contributed by atoms with Gasteiger partial charge in [0, 0.05) is 12.0 Å². The number of ether oxygens (including phenoxy) is 2. The van der Waals surface area contributed by atoms with Gasteiger partial charge >= 0.3 is 0 Å². The summed E-state index contributed by atoms with van der Waals surface area (Å²) in [7, 11) is 0. The van der Waals surface area contributed by atoms with Crippen molar-refractivity contribution in [2.24, 2.45) is 0 Å². The molecule has 3 aromatic carbocycles. The lowest BCUT2D eigenvalue weighted by molar-refractivity contribution is -0.121. The van der Waals surface area contributed by atoms with Crippen LogP contribution < -0.4 is 20.3 Å². The van der Waals surface area contributed by atoms with Crippen LogP contribution in [0.15, 0.2) is 78.9 Å². The number of carbonyl (C=O) groups is 2. The summed E-state index contributed by atoms with van der Waals surface area (Å²) in [5, 5.41) is 0. The highest BCUT2D eigenvalue weighted by Crippen LogP contribution is 2.18. The fourth-order valence-corrected chi connectivity index (χ4v) is 2.88. The summed E-state index contributed by atoms with van der Waals surface area (Å²) >= 11 is 0. The SMILES string of the molecule is CCOc1ccc(OCc2ccc(C(=O)NNC(=O)CCc3ccccc3)cc2)cc1. The Bertz CT molecular complexity index is 971. The zero-order chi connectivity index (χ0) is 21.9. The van der Waals surface area contributed by atoms with E-state index in [1.807, 2.05) is 73.7 Å². The van der Waals surface area contributed by atoms with E-state index in [0.29, 0.717) is 31.6 Å². The van der Waals surface area contributed by atoms with Crippen molar-refractivity contribution in [1.29, 1.82) is 0 Å². The summed E-state index contributed by atoms with van der Waals surface area (Å²) in [6.07, 6.45) is 0.914. The average Bonchev–Trinajstić information content (AvgIpc) is 2.82. The molecule has 0 spiro atoms. The molecule has 0 aliphatic rings. The zero-order valence-corrected chi connectivity index (χ0v) is 17.5. The van der Waals surface area contributed by atoms with Gasteiger partial charge in [-0.05, 0) is 60.9 Å². The van der Waals surface area contributed by atoms with Crippen molar-refractivity contribution in [1.82, 2.24) is 10.9 Å². The normalized spacial score (nSPS) is 10.2. The van der Waals surface area contributed by atoms with E-state index in [2.05, 4.69) is 10.9 Å². The van der Waals surface area contributed by atoms with Crippen LogP contribution in [0.3, 0.4) is 0 Å². The summed E-state index contributed by atoms with van der Waals surface area (Å²) < 4.78 is 11.2. The van der Waals surface area contributed by atoms with Gasteiger partial charge in [0.25, 0.3) is 5.91 Å². The van der Waals surface area contributed by atoms with Crippen LogP contribution in [0.4, 0.5) is 0 Å². The van der Waals surface area contributed by atoms with E-state index in [1.165, 1.54) is 0 Å². The first-order chi connectivity index (χ1) is 15.1. The van der Waals surface area contributed by atoms with Crippen molar-refractivity contribution < 1.29 is 19.1 Å². The molecule has 0 unspecified atom stereocenters. The predicted octanol–water partition coefficient (Wildman–Crippen LogP) is 4.06. The number of benzene rings is 3. The lowest BCUT2D eigenvalue weighted by Gasteiger charge is -2.09. The largest absolute Gasteiger partial charge is 0.494 e. The van der Waals surface area contributed by atoms with Gasteiger partial charge in [0.05, 0.1) is 6.61 Å². The van der Waals surface area contributed by atoms with Gasteiger partial charge < -0.3 is 9.47 Å². The smallest absolute Gasteiger partial charge is 0.269 e. The third kappa shape index (κ3) is 7.19. The summed E-state index contributed by atoms with van der Waals surface area (Å²) in [6.45, 7) is 2.94. The minimum absolute atomic E-state index is 0.238. The number of hydrogen-bond acceptors (Lipinski definition) is 4. The Morgan fingerprint density at radius 3 is 2.03 bits per heavy atom. The predicted molar refractivity (Wildman–Crippen MR) is 119 cm³/mol. The molecule has 0 saturated heterocycles.